The third kappa shape index (κ3) is 6.54. The van der Waals surface area contributed by atoms with Gasteiger partial charge in [0.15, 0.2) is 0 Å². The lowest BCUT2D eigenvalue weighted by molar-refractivity contribution is 0.0522. The molecule has 1 amide bonds. The monoisotopic (exact) mass is 285 g/mol. The number of nitrogens with one attached hydrogen (secondary N) is 2. The molecular weight excluding hydrogens is 262 g/mol. The highest BCUT2D eigenvalue weighted by molar-refractivity contribution is 7.09. The molecule has 0 saturated heterocycles. The molecule has 2 unspecified atom stereocenters. The van der Waals surface area contributed by atoms with Gasteiger partial charge in [0.25, 0.3) is 0 Å². The van der Waals surface area contributed by atoms with Crippen molar-refractivity contribution in [2.24, 2.45) is 0 Å². The van der Waals surface area contributed by atoms with Crippen molar-refractivity contribution in [3.8, 4) is 0 Å². The number of carbonyl (C=O) groups is 1. The van der Waals surface area contributed by atoms with Gasteiger partial charge >= 0.3 is 6.09 Å². The third-order valence-corrected chi connectivity index (χ3v) is 3.27. The van der Waals surface area contributed by atoms with Crippen molar-refractivity contribution in [2.45, 2.75) is 52.3 Å². The fraction of sp³-hybridized carbons (Fsp3) is 0.692. The van der Waals surface area contributed by atoms with E-state index in [1.807, 2.05) is 33.1 Å². The number of amides is 1. The Labute approximate surface area is 118 Å². The molecule has 0 fully saturated rings. The van der Waals surface area contributed by atoms with E-state index in [0.717, 1.165) is 5.01 Å². The summed E-state index contributed by atoms with van der Waals surface area (Å²) in [5, 5.41) is 9.13. The quantitative estimate of drug-likeness (QED) is 0.873. The summed E-state index contributed by atoms with van der Waals surface area (Å²) < 4.78 is 5.18. The molecule has 0 saturated carbocycles. The van der Waals surface area contributed by atoms with E-state index in [1.54, 1.807) is 17.5 Å². The number of hydrogen-bond acceptors (Lipinski definition) is 5. The van der Waals surface area contributed by atoms with Gasteiger partial charge in [0.05, 0.1) is 6.04 Å². The molecule has 19 heavy (non-hydrogen) atoms. The standard InChI is InChI=1S/C13H23N3O2S/c1-9(8-15-12(17)18-13(3,4)5)16-10(2)11-14-6-7-19-11/h6-7,9-10,16H,8H2,1-5H3,(H,15,17). The summed E-state index contributed by atoms with van der Waals surface area (Å²) in [6, 6.07) is 0.321. The maximum absolute atomic E-state index is 11.5. The van der Waals surface area contributed by atoms with Crippen LogP contribution in [0.3, 0.4) is 0 Å². The minimum Gasteiger partial charge on any atom is -0.444 e. The van der Waals surface area contributed by atoms with Crippen LogP contribution in [0.15, 0.2) is 11.6 Å². The predicted octanol–water partition coefficient (Wildman–Crippen LogP) is 2.71. The molecule has 2 atom stereocenters. The van der Waals surface area contributed by atoms with Crippen molar-refractivity contribution in [2.75, 3.05) is 6.54 Å². The normalized spacial score (nSPS) is 14.8. The summed E-state index contributed by atoms with van der Waals surface area (Å²) in [5.41, 5.74) is -0.463. The molecule has 0 spiro atoms. The molecule has 108 valence electrons. The maximum atomic E-state index is 11.5. The van der Waals surface area contributed by atoms with Gasteiger partial charge in [-0.25, -0.2) is 9.78 Å². The lowest BCUT2D eigenvalue weighted by atomic mass is 10.2. The van der Waals surface area contributed by atoms with Crippen molar-refractivity contribution in [3.63, 3.8) is 0 Å². The molecule has 6 heteroatoms. The molecule has 0 aromatic carbocycles. The highest BCUT2D eigenvalue weighted by atomic mass is 32.1. The number of nitrogens with zero attached hydrogens (tertiary/aromatic N) is 1. The van der Waals surface area contributed by atoms with Crippen LogP contribution in [0.25, 0.3) is 0 Å². The maximum Gasteiger partial charge on any atom is 0.407 e. The second kappa shape index (κ2) is 6.86. The van der Waals surface area contributed by atoms with Crippen molar-refractivity contribution < 1.29 is 9.53 Å². The van der Waals surface area contributed by atoms with E-state index in [0.29, 0.717) is 6.54 Å². The van der Waals surface area contributed by atoms with E-state index in [-0.39, 0.29) is 18.2 Å². The summed E-state index contributed by atoms with van der Waals surface area (Å²) in [7, 11) is 0. The van der Waals surface area contributed by atoms with E-state index >= 15 is 0 Å². The Morgan fingerprint density at radius 1 is 1.47 bits per heavy atom. The molecule has 1 heterocycles. The van der Waals surface area contributed by atoms with Crippen molar-refractivity contribution >= 4 is 17.4 Å². The first-order valence-corrected chi connectivity index (χ1v) is 7.28. The van der Waals surface area contributed by atoms with E-state index in [2.05, 4.69) is 22.5 Å². The number of alkyl carbamates (subject to hydrolysis) is 1. The summed E-state index contributed by atoms with van der Waals surface area (Å²) in [6.45, 7) is 10.1. The number of aromatic nitrogens is 1. The van der Waals surface area contributed by atoms with Crippen LogP contribution in [-0.4, -0.2) is 29.3 Å². The lowest BCUT2D eigenvalue weighted by Crippen LogP contribution is -2.41. The molecule has 0 aliphatic rings. The molecule has 0 radical (unpaired) electrons. The number of carbonyl (C=O) groups excluding carboxylic acids is 1. The van der Waals surface area contributed by atoms with E-state index in [4.69, 9.17) is 4.74 Å². The molecule has 1 aromatic heterocycles. The van der Waals surface area contributed by atoms with Gasteiger partial charge in [-0.05, 0) is 34.6 Å². The SMILES string of the molecule is CC(CNC(=O)OC(C)(C)C)NC(C)c1nccs1. The average molecular weight is 285 g/mol. The Kier molecular flexibility index (Phi) is 5.75. The van der Waals surface area contributed by atoms with Gasteiger partial charge in [-0.3, -0.25) is 0 Å². The van der Waals surface area contributed by atoms with E-state index in [1.165, 1.54) is 0 Å². The van der Waals surface area contributed by atoms with Gasteiger partial charge < -0.3 is 15.4 Å². The first-order chi connectivity index (χ1) is 8.78. The zero-order chi connectivity index (χ0) is 14.5. The van der Waals surface area contributed by atoms with Crippen LogP contribution in [0.2, 0.25) is 0 Å². The van der Waals surface area contributed by atoms with Gasteiger partial charge in [0.2, 0.25) is 0 Å². The van der Waals surface area contributed by atoms with Crippen molar-refractivity contribution in [1.82, 2.24) is 15.6 Å². The molecule has 2 N–H and O–H groups in total. The Bertz CT molecular complexity index is 387. The fourth-order valence-corrected chi connectivity index (χ4v) is 2.21. The highest BCUT2D eigenvalue weighted by Crippen LogP contribution is 2.15. The molecule has 1 aromatic rings. The van der Waals surface area contributed by atoms with Crippen molar-refractivity contribution in [1.29, 1.82) is 0 Å². The largest absolute Gasteiger partial charge is 0.444 e. The number of rotatable bonds is 5. The second-order valence-electron chi connectivity index (χ2n) is 5.54. The molecule has 1 rings (SSSR count). The second-order valence-corrected chi connectivity index (χ2v) is 6.47. The van der Waals surface area contributed by atoms with Gasteiger partial charge in [0.1, 0.15) is 10.6 Å². The number of thiazole rings is 1. The topological polar surface area (TPSA) is 63.2 Å². The Morgan fingerprint density at radius 3 is 2.68 bits per heavy atom. The average Bonchev–Trinajstić information content (AvgIpc) is 2.77. The molecule has 0 bridgehead atoms. The van der Waals surface area contributed by atoms with Gasteiger partial charge in [-0.1, -0.05) is 0 Å². The molecule has 0 aliphatic carbocycles. The van der Waals surface area contributed by atoms with E-state index < -0.39 is 5.60 Å². The summed E-state index contributed by atoms with van der Waals surface area (Å²) in [6.07, 6.45) is 1.41. The lowest BCUT2D eigenvalue weighted by Gasteiger charge is -2.22. The summed E-state index contributed by atoms with van der Waals surface area (Å²) >= 11 is 1.62. The zero-order valence-corrected chi connectivity index (χ0v) is 13.0. The first kappa shape index (κ1) is 15.9. The minimum atomic E-state index is -0.463. The van der Waals surface area contributed by atoms with Crippen LogP contribution >= 0.6 is 11.3 Å². The molecule has 5 nitrogen and oxygen atoms in total. The third-order valence-electron chi connectivity index (χ3n) is 2.31. The first-order valence-electron chi connectivity index (χ1n) is 6.40. The van der Waals surface area contributed by atoms with Crippen LogP contribution in [0.1, 0.15) is 45.7 Å². The minimum absolute atomic E-state index is 0.145. The van der Waals surface area contributed by atoms with Gasteiger partial charge in [-0.2, -0.15) is 0 Å². The Balaban J connectivity index is 2.28. The molecule has 0 aliphatic heterocycles. The smallest absolute Gasteiger partial charge is 0.407 e. The molecular formula is C13H23N3O2S. The van der Waals surface area contributed by atoms with Crippen LogP contribution in [0, 0.1) is 0 Å². The van der Waals surface area contributed by atoms with Crippen LogP contribution in [0.4, 0.5) is 4.79 Å². The predicted molar refractivity (Wildman–Crippen MR) is 77.4 cm³/mol. The van der Waals surface area contributed by atoms with Gasteiger partial charge in [-0.15, -0.1) is 11.3 Å². The van der Waals surface area contributed by atoms with Crippen LogP contribution in [-0.2, 0) is 4.74 Å². The van der Waals surface area contributed by atoms with Crippen molar-refractivity contribution in [3.05, 3.63) is 16.6 Å². The summed E-state index contributed by atoms with van der Waals surface area (Å²) in [5.74, 6) is 0. The van der Waals surface area contributed by atoms with Crippen LogP contribution in [0.5, 0.6) is 0 Å². The highest BCUT2D eigenvalue weighted by Gasteiger charge is 2.17. The number of ether oxygens (including phenoxy) is 1. The Morgan fingerprint density at radius 2 is 2.16 bits per heavy atom. The van der Waals surface area contributed by atoms with Crippen LogP contribution < -0.4 is 10.6 Å². The summed E-state index contributed by atoms with van der Waals surface area (Å²) in [4.78, 5) is 15.8. The van der Waals surface area contributed by atoms with Gasteiger partial charge in [0, 0.05) is 24.2 Å². The van der Waals surface area contributed by atoms with E-state index in [9.17, 15) is 4.79 Å². The fourth-order valence-electron chi connectivity index (χ4n) is 1.56. The Hall–Kier alpha value is -1.14. The zero-order valence-electron chi connectivity index (χ0n) is 12.2. The number of hydrogen-bond donors (Lipinski definition) is 2.